The molecule has 0 saturated carbocycles. The van der Waals surface area contributed by atoms with E-state index in [0.717, 1.165) is 0 Å². The van der Waals surface area contributed by atoms with Gasteiger partial charge in [-0.3, -0.25) is 14.5 Å². The Morgan fingerprint density at radius 2 is 1.24 bits per heavy atom. The molecule has 0 spiro atoms. The monoisotopic (exact) mass is 464 g/mol. The molecule has 3 aromatic carbocycles. The van der Waals surface area contributed by atoms with Gasteiger partial charge >= 0.3 is 0 Å². The van der Waals surface area contributed by atoms with Crippen LogP contribution in [0.5, 0.6) is 11.5 Å². The topological polar surface area (TPSA) is 122 Å². The molecule has 2 unspecified atom stereocenters. The molecule has 2 amide bonds. The summed E-state index contributed by atoms with van der Waals surface area (Å²) in [5.41, 5.74) is 7.04. The molecule has 0 bridgehead atoms. The lowest BCUT2D eigenvalue weighted by atomic mass is 10.1. The number of primary amides is 1. The lowest BCUT2D eigenvalue weighted by molar-refractivity contribution is 0.0998. The largest absolute Gasteiger partial charge is 0.488 e. The normalized spacial score (nSPS) is 12.5. The summed E-state index contributed by atoms with van der Waals surface area (Å²) >= 11 is 0. The number of aliphatic hydroxyl groups excluding tert-OH is 2. The molecule has 0 heterocycles. The molecular formula is C26H28N2O6. The van der Waals surface area contributed by atoms with Crippen molar-refractivity contribution in [3.8, 4) is 11.5 Å². The van der Waals surface area contributed by atoms with E-state index >= 15 is 0 Å². The number of hydrogen-bond donors (Lipinski definition) is 3. The van der Waals surface area contributed by atoms with Gasteiger partial charge in [0.15, 0.2) is 0 Å². The van der Waals surface area contributed by atoms with E-state index in [4.69, 9.17) is 15.2 Å². The number of nitrogens with two attached hydrogens (primary N) is 1. The Kier molecular flexibility index (Phi) is 8.24. The van der Waals surface area contributed by atoms with E-state index in [0.29, 0.717) is 28.4 Å². The molecule has 8 heteroatoms. The van der Waals surface area contributed by atoms with Gasteiger partial charge in [0, 0.05) is 22.5 Å². The van der Waals surface area contributed by atoms with Gasteiger partial charge in [-0.05, 0) is 80.6 Å². The number of ether oxygens (including phenoxy) is 2. The van der Waals surface area contributed by atoms with Crippen LogP contribution >= 0.6 is 0 Å². The summed E-state index contributed by atoms with van der Waals surface area (Å²) < 4.78 is 11.2. The van der Waals surface area contributed by atoms with Gasteiger partial charge in [0.1, 0.15) is 23.7 Å². The number of anilines is 2. The van der Waals surface area contributed by atoms with E-state index in [2.05, 4.69) is 0 Å². The number of hydrogen-bond acceptors (Lipinski definition) is 6. The average molecular weight is 465 g/mol. The fourth-order valence-electron chi connectivity index (χ4n) is 3.20. The van der Waals surface area contributed by atoms with Crippen molar-refractivity contribution >= 4 is 23.2 Å². The van der Waals surface area contributed by atoms with Crippen LogP contribution < -0.4 is 20.1 Å². The Bertz CT molecular complexity index is 1060. The molecule has 34 heavy (non-hydrogen) atoms. The Balaban J connectivity index is 1.99. The molecule has 178 valence electrons. The van der Waals surface area contributed by atoms with Gasteiger partial charge in [-0.1, -0.05) is 6.07 Å². The smallest absolute Gasteiger partial charge is 0.262 e. The molecule has 3 rings (SSSR count). The zero-order chi connectivity index (χ0) is 24.7. The van der Waals surface area contributed by atoms with E-state index in [1.165, 1.54) is 11.0 Å². The summed E-state index contributed by atoms with van der Waals surface area (Å²) in [4.78, 5) is 26.7. The third-order valence-electron chi connectivity index (χ3n) is 4.98. The number of nitrogens with zero attached hydrogens (tertiary/aromatic N) is 1. The van der Waals surface area contributed by atoms with Crippen molar-refractivity contribution < 1.29 is 29.3 Å². The maximum Gasteiger partial charge on any atom is 0.262 e. The predicted octanol–water partition coefficient (Wildman–Crippen LogP) is 3.28. The first-order chi connectivity index (χ1) is 16.3. The average Bonchev–Trinajstić information content (AvgIpc) is 2.86. The van der Waals surface area contributed by atoms with Crippen LogP contribution in [-0.2, 0) is 0 Å². The molecule has 0 aliphatic rings. The highest BCUT2D eigenvalue weighted by Gasteiger charge is 2.21. The lowest BCUT2D eigenvalue weighted by Crippen LogP contribution is -2.26. The van der Waals surface area contributed by atoms with Gasteiger partial charge in [-0.15, -0.1) is 0 Å². The SMILES string of the molecule is CC(CO)Oc1ccc(N(C(=O)c2cccc(C(N)=O)c2)c2ccc(OC(C)CO)cc2)cc1. The zero-order valence-corrected chi connectivity index (χ0v) is 19.0. The van der Waals surface area contributed by atoms with Crippen molar-refractivity contribution in [1.82, 2.24) is 0 Å². The van der Waals surface area contributed by atoms with E-state index < -0.39 is 5.91 Å². The van der Waals surface area contributed by atoms with Crippen molar-refractivity contribution in [3.05, 3.63) is 83.9 Å². The molecule has 4 N–H and O–H groups in total. The third kappa shape index (κ3) is 6.12. The minimum atomic E-state index is -0.625. The maximum absolute atomic E-state index is 13.6. The second-order valence-corrected chi connectivity index (χ2v) is 7.80. The minimum absolute atomic E-state index is 0.119. The van der Waals surface area contributed by atoms with Crippen LogP contribution in [0.25, 0.3) is 0 Å². The molecule has 0 fully saturated rings. The summed E-state index contributed by atoms with van der Waals surface area (Å²) in [6.07, 6.45) is -0.733. The molecule has 0 aromatic heterocycles. The van der Waals surface area contributed by atoms with Gasteiger partial charge < -0.3 is 25.4 Å². The molecule has 0 radical (unpaired) electrons. The van der Waals surface area contributed by atoms with Crippen LogP contribution in [0.15, 0.2) is 72.8 Å². The molecule has 2 atom stereocenters. The van der Waals surface area contributed by atoms with Gasteiger partial charge in [-0.25, -0.2) is 0 Å². The summed E-state index contributed by atoms with van der Waals surface area (Å²) in [6.45, 7) is 3.26. The Morgan fingerprint density at radius 3 is 1.65 bits per heavy atom. The van der Waals surface area contributed by atoms with E-state index in [-0.39, 0.29) is 36.9 Å². The number of carbonyl (C=O) groups is 2. The van der Waals surface area contributed by atoms with Gasteiger partial charge in [0.05, 0.1) is 13.2 Å². The molecule has 8 nitrogen and oxygen atoms in total. The fourth-order valence-corrected chi connectivity index (χ4v) is 3.20. The third-order valence-corrected chi connectivity index (χ3v) is 4.98. The molecular weight excluding hydrogens is 436 g/mol. The van der Waals surface area contributed by atoms with Gasteiger partial charge in [0.2, 0.25) is 5.91 Å². The van der Waals surface area contributed by atoms with Crippen LogP contribution in [0.3, 0.4) is 0 Å². The number of benzene rings is 3. The van der Waals surface area contributed by atoms with Crippen molar-refractivity contribution in [1.29, 1.82) is 0 Å². The Morgan fingerprint density at radius 1 is 0.794 bits per heavy atom. The maximum atomic E-state index is 13.6. The summed E-state index contributed by atoms with van der Waals surface area (Å²) in [7, 11) is 0. The highest BCUT2D eigenvalue weighted by molar-refractivity contribution is 6.11. The van der Waals surface area contributed by atoms with Gasteiger partial charge in [0.25, 0.3) is 5.91 Å². The standard InChI is InChI=1S/C26H28N2O6/c1-17(15-29)33-23-10-6-21(7-11-23)28(22-8-12-24(13-9-22)34-18(2)16-30)26(32)20-5-3-4-19(14-20)25(27)31/h3-14,17-18,29-30H,15-16H2,1-2H3,(H2,27,31). The highest BCUT2D eigenvalue weighted by atomic mass is 16.5. The second-order valence-electron chi connectivity index (χ2n) is 7.80. The van der Waals surface area contributed by atoms with Crippen molar-refractivity contribution in [2.75, 3.05) is 18.1 Å². The van der Waals surface area contributed by atoms with Crippen LogP contribution in [0.2, 0.25) is 0 Å². The predicted molar refractivity (Wildman–Crippen MR) is 129 cm³/mol. The zero-order valence-electron chi connectivity index (χ0n) is 19.0. The number of amides is 2. The summed E-state index contributed by atoms with van der Waals surface area (Å²) in [5.74, 6) is 0.114. The van der Waals surface area contributed by atoms with Gasteiger partial charge in [-0.2, -0.15) is 0 Å². The van der Waals surface area contributed by atoms with E-state index in [1.807, 2.05) is 0 Å². The molecule has 0 aliphatic heterocycles. The van der Waals surface area contributed by atoms with Crippen molar-refractivity contribution in [2.24, 2.45) is 5.73 Å². The van der Waals surface area contributed by atoms with Crippen molar-refractivity contribution in [2.45, 2.75) is 26.1 Å². The number of carbonyl (C=O) groups excluding carboxylic acids is 2. The van der Waals surface area contributed by atoms with Crippen LogP contribution in [0.1, 0.15) is 34.6 Å². The molecule has 0 aliphatic carbocycles. The first-order valence-corrected chi connectivity index (χ1v) is 10.8. The lowest BCUT2D eigenvalue weighted by Gasteiger charge is -2.24. The summed E-state index contributed by atoms with van der Waals surface area (Å²) in [6, 6.07) is 20.0. The van der Waals surface area contributed by atoms with E-state index in [1.54, 1.807) is 80.6 Å². The van der Waals surface area contributed by atoms with E-state index in [9.17, 15) is 19.8 Å². The number of rotatable bonds is 10. The first kappa shape index (κ1) is 24.8. The minimum Gasteiger partial charge on any atom is -0.488 e. The molecule has 3 aromatic rings. The van der Waals surface area contributed by atoms with Crippen LogP contribution in [0.4, 0.5) is 11.4 Å². The van der Waals surface area contributed by atoms with Crippen LogP contribution in [-0.4, -0.2) is 47.4 Å². The first-order valence-electron chi connectivity index (χ1n) is 10.8. The van der Waals surface area contributed by atoms with Crippen molar-refractivity contribution in [3.63, 3.8) is 0 Å². The highest BCUT2D eigenvalue weighted by Crippen LogP contribution is 2.31. The Labute approximate surface area is 198 Å². The fraction of sp³-hybridized carbons (Fsp3) is 0.231. The number of aliphatic hydroxyl groups is 2. The Hall–Kier alpha value is -3.88. The quantitative estimate of drug-likeness (QED) is 0.423. The molecule has 0 saturated heterocycles. The summed E-state index contributed by atoms with van der Waals surface area (Å²) in [5, 5.41) is 18.4. The second kappa shape index (κ2) is 11.3. The van der Waals surface area contributed by atoms with Crippen LogP contribution in [0, 0.1) is 0 Å².